The van der Waals surface area contributed by atoms with Crippen LogP contribution < -0.4 is 11.2 Å². The van der Waals surface area contributed by atoms with Crippen molar-refractivity contribution in [3.63, 3.8) is 0 Å². The van der Waals surface area contributed by atoms with E-state index in [-0.39, 0.29) is 5.43 Å². The molecule has 0 aliphatic heterocycles. The van der Waals surface area contributed by atoms with Gasteiger partial charge in [0.15, 0.2) is 0 Å². The van der Waals surface area contributed by atoms with E-state index in [0.29, 0.717) is 16.6 Å². The van der Waals surface area contributed by atoms with Crippen LogP contribution in [-0.4, -0.2) is 4.98 Å². The van der Waals surface area contributed by atoms with E-state index >= 15 is 0 Å². The van der Waals surface area contributed by atoms with Crippen molar-refractivity contribution in [3.05, 3.63) is 46.8 Å². The first-order valence-electron chi connectivity index (χ1n) is 4.83. The molecule has 2 heterocycles. The Balaban J connectivity index is 2.61. The number of nitrogens with two attached hydrogens (primary N) is 1. The highest BCUT2D eigenvalue weighted by Gasteiger charge is 2.06. The predicted molar refractivity (Wildman–Crippen MR) is 67.8 cm³/mol. The molecule has 3 aromatic rings. The lowest BCUT2D eigenvalue weighted by Crippen LogP contribution is -2.03. The van der Waals surface area contributed by atoms with Crippen molar-refractivity contribution in [2.75, 3.05) is 5.73 Å². The second-order valence-corrected chi connectivity index (χ2v) is 4.62. The number of aromatic nitrogens is 1. The van der Waals surface area contributed by atoms with Crippen LogP contribution in [0, 0.1) is 0 Å². The number of anilines is 1. The first-order chi connectivity index (χ1) is 7.75. The van der Waals surface area contributed by atoms with Gasteiger partial charge in [-0.05, 0) is 30.3 Å². The zero-order chi connectivity index (χ0) is 11.1. The summed E-state index contributed by atoms with van der Waals surface area (Å²) < 4.78 is 1.85. The summed E-state index contributed by atoms with van der Waals surface area (Å²) in [6.07, 6.45) is 1.63. The lowest BCUT2D eigenvalue weighted by Gasteiger charge is -2.00. The van der Waals surface area contributed by atoms with Crippen LogP contribution in [0.15, 0.2) is 41.3 Å². The number of benzene rings is 1. The molecule has 4 heteroatoms. The van der Waals surface area contributed by atoms with Gasteiger partial charge in [0.2, 0.25) is 5.43 Å². The average molecular weight is 228 g/mol. The normalized spacial score (nSPS) is 11.0. The molecule has 0 aliphatic rings. The molecule has 0 aliphatic carbocycles. The summed E-state index contributed by atoms with van der Waals surface area (Å²) in [7, 11) is 0. The van der Waals surface area contributed by atoms with E-state index in [1.54, 1.807) is 29.7 Å². The molecular formula is C12H8N2OS. The molecule has 2 aromatic heterocycles. The van der Waals surface area contributed by atoms with Gasteiger partial charge in [0, 0.05) is 22.0 Å². The summed E-state index contributed by atoms with van der Waals surface area (Å²) in [5.41, 5.74) is 6.76. The number of fused-ring (bicyclic) bond motifs is 2. The average Bonchev–Trinajstić information content (AvgIpc) is 2.31. The van der Waals surface area contributed by atoms with Gasteiger partial charge in [-0.15, -0.1) is 11.3 Å². The Morgan fingerprint density at radius 1 is 1.19 bits per heavy atom. The molecule has 0 saturated heterocycles. The Hall–Kier alpha value is -1.94. The van der Waals surface area contributed by atoms with Gasteiger partial charge in [0.1, 0.15) is 5.52 Å². The van der Waals surface area contributed by atoms with E-state index in [0.717, 1.165) is 9.40 Å². The topological polar surface area (TPSA) is 56.0 Å². The molecule has 0 amide bonds. The smallest absolute Gasteiger partial charge is 0.214 e. The highest BCUT2D eigenvalue weighted by molar-refractivity contribution is 7.24. The third kappa shape index (κ3) is 1.27. The van der Waals surface area contributed by atoms with Crippen LogP contribution in [0.2, 0.25) is 0 Å². The van der Waals surface area contributed by atoms with Gasteiger partial charge in [-0.1, -0.05) is 0 Å². The van der Waals surface area contributed by atoms with Crippen molar-refractivity contribution in [2.24, 2.45) is 0 Å². The molecule has 78 valence electrons. The highest BCUT2D eigenvalue weighted by atomic mass is 32.1. The molecule has 16 heavy (non-hydrogen) atoms. The summed E-state index contributed by atoms with van der Waals surface area (Å²) >= 11 is 1.56. The van der Waals surface area contributed by atoms with Crippen molar-refractivity contribution >= 4 is 37.3 Å². The van der Waals surface area contributed by atoms with Crippen molar-refractivity contribution < 1.29 is 0 Å². The van der Waals surface area contributed by atoms with Crippen molar-refractivity contribution in [3.8, 4) is 0 Å². The molecule has 0 bridgehead atoms. The Bertz CT molecular complexity index is 749. The van der Waals surface area contributed by atoms with Crippen molar-refractivity contribution in [2.45, 2.75) is 0 Å². The number of pyridine rings is 1. The van der Waals surface area contributed by atoms with E-state index in [1.165, 1.54) is 0 Å². The van der Waals surface area contributed by atoms with E-state index in [4.69, 9.17) is 5.73 Å². The minimum Gasteiger partial charge on any atom is -0.399 e. The number of nitrogen functional groups attached to an aromatic ring is 1. The first kappa shape index (κ1) is 9.30. The predicted octanol–water partition coefficient (Wildman–Crippen LogP) is 2.39. The van der Waals surface area contributed by atoms with Gasteiger partial charge in [0.25, 0.3) is 0 Å². The van der Waals surface area contributed by atoms with E-state index < -0.39 is 0 Å². The summed E-state index contributed by atoms with van der Waals surface area (Å²) in [5, 5.41) is 0.649. The molecular weight excluding hydrogens is 220 g/mol. The van der Waals surface area contributed by atoms with E-state index in [2.05, 4.69) is 4.98 Å². The van der Waals surface area contributed by atoms with E-state index in [1.807, 2.05) is 18.2 Å². The molecule has 0 spiro atoms. The summed E-state index contributed by atoms with van der Waals surface area (Å²) in [6.45, 7) is 0. The highest BCUT2D eigenvalue weighted by Crippen LogP contribution is 2.24. The minimum absolute atomic E-state index is 0.0448. The zero-order valence-electron chi connectivity index (χ0n) is 8.31. The van der Waals surface area contributed by atoms with Gasteiger partial charge in [-0.3, -0.25) is 9.78 Å². The lowest BCUT2D eigenvalue weighted by atomic mass is 10.2. The van der Waals surface area contributed by atoms with Crippen LogP contribution >= 0.6 is 11.3 Å². The maximum absolute atomic E-state index is 12.1. The van der Waals surface area contributed by atoms with Gasteiger partial charge >= 0.3 is 0 Å². The van der Waals surface area contributed by atoms with Gasteiger partial charge in [0.05, 0.1) is 4.70 Å². The summed E-state index contributed by atoms with van der Waals surface area (Å²) in [5.74, 6) is 0. The van der Waals surface area contributed by atoms with Crippen LogP contribution in [0.3, 0.4) is 0 Å². The molecule has 3 rings (SSSR count). The molecule has 3 nitrogen and oxygen atoms in total. The van der Waals surface area contributed by atoms with Crippen molar-refractivity contribution in [1.29, 1.82) is 0 Å². The largest absolute Gasteiger partial charge is 0.399 e. The minimum atomic E-state index is -0.0448. The van der Waals surface area contributed by atoms with Crippen molar-refractivity contribution in [1.82, 2.24) is 4.98 Å². The third-order valence-electron chi connectivity index (χ3n) is 2.45. The fourth-order valence-electron chi connectivity index (χ4n) is 1.70. The number of nitrogens with zero attached hydrogens (tertiary/aromatic N) is 1. The second kappa shape index (κ2) is 3.28. The Morgan fingerprint density at radius 3 is 2.94 bits per heavy atom. The molecule has 0 radical (unpaired) electrons. The van der Waals surface area contributed by atoms with Crippen LogP contribution in [0.25, 0.3) is 20.3 Å². The second-order valence-electron chi connectivity index (χ2n) is 3.54. The van der Waals surface area contributed by atoms with Crippen LogP contribution in [0.5, 0.6) is 0 Å². The third-order valence-corrected chi connectivity index (χ3v) is 3.58. The van der Waals surface area contributed by atoms with E-state index in [9.17, 15) is 4.79 Å². The monoisotopic (exact) mass is 228 g/mol. The molecule has 0 saturated carbocycles. The number of hydrogen-bond donors (Lipinski definition) is 1. The van der Waals surface area contributed by atoms with Gasteiger partial charge < -0.3 is 5.73 Å². The lowest BCUT2D eigenvalue weighted by molar-refractivity contribution is 1.41. The summed E-state index contributed by atoms with van der Waals surface area (Å²) in [4.78, 5) is 16.2. The quantitative estimate of drug-likeness (QED) is 0.475. The molecule has 0 fully saturated rings. The molecule has 0 atom stereocenters. The van der Waals surface area contributed by atoms with Crippen LogP contribution in [-0.2, 0) is 0 Å². The Morgan fingerprint density at radius 2 is 2.06 bits per heavy atom. The van der Waals surface area contributed by atoms with Gasteiger partial charge in [-0.25, -0.2) is 0 Å². The molecule has 1 aromatic carbocycles. The maximum atomic E-state index is 12.1. The Kier molecular flexibility index (Phi) is 1.91. The summed E-state index contributed by atoms with van der Waals surface area (Å²) in [6, 6.07) is 9.14. The van der Waals surface area contributed by atoms with Gasteiger partial charge in [-0.2, -0.15) is 0 Å². The molecule has 0 unspecified atom stereocenters. The van der Waals surface area contributed by atoms with Crippen LogP contribution in [0.4, 0.5) is 5.69 Å². The fraction of sp³-hybridized carbons (Fsp3) is 0. The number of hydrogen-bond acceptors (Lipinski definition) is 4. The zero-order valence-corrected chi connectivity index (χ0v) is 9.12. The number of rotatable bonds is 0. The Labute approximate surface area is 95.2 Å². The first-order valence-corrected chi connectivity index (χ1v) is 5.64. The maximum Gasteiger partial charge on any atom is 0.214 e. The standard InChI is InChI=1S/C12H8N2OS/c13-7-3-4-9-8(6-7)12(15)11-10(16-9)2-1-5-14-11/h1-6H,13H2. The van der Waals surface area contributed by atoms with Crippen LogP contribution in [0.1, 0.15) is 0 Å². The SMILES string of the molecule is Nc1ccc2sc3cccnc3c(=O)c2c1. The fourth-order valence-corrected chi connectivity index (χ4v) is 2.73. The molecule has 2 N–H and O–H groups in total.